The average molecular weight is 415 g/mol. The van der Waals surface area contributed by atoms with E-state index in [1.54, 1.807) is 0 Å². The maximum Gasteiger partial charge on any atom is 0.326 e. The molecule has 11 heteroatoms. The molecule has 0 fully saturated rings. The van der Waals surface area contributed by atoms with Crippen molar-refractivity contribution in [3.63, 3.8) is 0 Å². The molecule has 0 aliphatic rings. The maximum atomic E-state index is 12.2. The van der Waals surface area contributed by atoms with Gasteiger partial charge in [0.05, 0.1) is 25.7 Å². The summed E-state index contributed by atoms with van der Waals surface area (Å²) in [5.74, 6) is -0.234. The summed E-state index contributed by atoms with van der Waals surface area (Å²) < 4.78 is 1.72. The summed E-state index contributed by atoms with van der Waals surface area (Å²) in [6.07, 6.45) is 0. The van der Waals surface area contributed by atoms with Crippen LogP contribution in [-0.4, -0.2) is 26.6 Å². The zero-order valence-electron chi connectivity index (χ0n) is 13.4. The quantitative estimate of drug-likeness (QED) is 0.439. The molecule has 0 aliphatic heterocycles. The molecule has 0 unspecified atom stereocenters. The standard InChI is InChI=1S/C16H9N5O3S3/c17-5-7-11-12(13(23)21-15(24)20-11)27-14(7)25-6-10(22)19-16-18-8-3-1-2-4-9(8)26-16/h1-4H,6H2,(H,18,19,22)(H2,20,21,23,24). The third kappa shape index (κ3) is 3.37. The average Bonchev–Trinajstić information content (AvgIpc) is 3.20. The van der Waals surface area contributed by atoms with E-state index in [1.807, 2.05) is 30.3 Å². The topological polar surface area (TPSA) is 131 Å². The fourth-order valence-electron chi connectivity index (χ4n) is 2.41. The number of carbonyl (C=O) groups is 1. The van der Waals surface area contributed by atoms with Crippen molar-refractivity contribution in [3.8, 4) is 6.07 Å². The Bertz CT molecular complexity index is 1310. The number of aromatic nitrogens is 3. The van der Waals surface area contributed by atoms with Gasteiger partial charge in [0.25, 0.3) is 5.56 Å². The van der Waals surface area contributed by atoms with E-state index in [-0.39, 0.29) is 27.4 Å². The van der Waals surface area contributed by atoms with Crippen LogP contribution in [0.25, 0.3) is 20.4 Å². The summed E-state index contributed by atoms with van der Waals surface area (Å²) in [5.41, 5.74) is -0.0285. The van der Waals surface area contributed by atoms with Gasteiger partial charge in [-0.15, -0.1) is 23.1 Å². The van der Waals surface area contributed by atoms with Crippen molar-refractivity contribution in [1.82, 2.24) is 15.0 Å². The fourth-order valence-corrected chi connectivity index (χ4v) is 5.41. The molecule has 1 amide bonds. The highest BCUT2D eigenvalue weighted by molar-refractivity contribution is 8.02. The molecule has 4 aromatic rings. The fraction of sp³-hybridized carbons (Fsp3) is 0.0625. The number of rotatable bonds is 4. The molecule has 0 atom stereocenters. The van der Waals surface area contributed by atoms with Crippen molar-refractivity contribution < 1.29 is 4.79 Å². The minimum atomic E-state index is -0.674. The van der Waals surface area contributed by atoms with Gasteiger partial charge < -0.3 is 10.3 Å². The zero-order valence-corrected chi connectivity index (χ0v) is 15.8. The van der Waals surface area contributed by atoms with E-state index in [0.29, 0.717) is 9.34 Å². The highest BCUT2D eigenvalue weighted by Crippen LogP contribution is 2.35. The van der Waals surface area contributed by atoms with Crippen LogP contribution >= 0.6 is 34.4 Å². The van der Waals surface area contributed by atoms with Gasteiger partial charge in [-0.1, -0.05) is 23.5 Å². The Morgan fingerprint density at radius 1 is 1.26 bits per heavy atom. The number of nitriles is 1. The van der Waals surface area contributed by atoms with Gasteiger partial charge in [-0.25, -0.2) is 9.78 Å². The van der Waals surface area contributed by atoms with Crippen molar-refractivity contribution in [3.05, 3.63) is 50.7 Å². The number of fused-ring (bicyclic) bond motifs is 2. The lowest BCUT2D eigenvalue weighted by molar-refractivity contribution is -0.113. The summed E-state index contributed by atoms with van der Waals surface area (Å²) in [4.78, 5) is 44.5. The van der Waals surface area contributed by atoms with Crippen LogP contribution < -0.4 is 16.6 Å². The number of thiophene rings is 1. The van der Waals surface area contributed by atoms with Crippen LogP contribution in [0.5, 0.6) is 0 Å². The first-order chi connectivity index (χ1) is 13.0. The van der Waals surface area contributed by atoms with Crippen LogP contribution in [0.4, 0.5) is 5.13 Å². The third-order valence-electron chi connectivity index (χ3n) is 3.53. The molecule has 0 saturated carbocycles. The number of aromatic amines is 2. The molecule has 0 bridgehead atoms. The van der Waals surface area contributed by atoms with Gasteiger partial charge in [0.2, 0.25) is 5.91 Å². The second-order valence-corrected chi connectivity index (χ2v) is 8.61. The number of anilines is 1. The number of benzene rings is 1. The number of nitrogens with one attached hydrogen (secondary N) is 3. The Hall–Kier alpha value is -2.94. The smallest absolute Gasteiger partial charge is 0.305 e. The van der Waals surface area contributed by atoms with Crippen molar-refractivity contribution >= 4 is 65.9 Å². The van der Waals surface area contributed by atoms with E-state index in [1.165, 1.54) is 11.3 Å². The minimum Gasteiger partial charge on any atom is -0.305 e. The molecular formula is C16H9N5O3S3. The molecule has 0 radical (unpaired) electrons. The molecule has 27 heavy (non-hydrogen) atoms. The second-order valence-electron chi connectivity index (χ2n) is 5.31. The first-order valence-electron chi connectivity index (χ1n) is 7.52. The number of H-pyrrole nitrogens is 2. The van der Waals surface area contributed by atoms with Gasteiger partial charge in [0.1, 0.15) is 16.3 Å². The molecule has 0 aliphatic carbocycles. The highest BCUT2D eigenvalue weighted by atomic mass is 32.2. The van der Waals surface area contributed by atoms with Crippen molar-refractivity contribution in [1.29, 1.82) is 5.26 Å². The van der Waals surface area contributed by atoms with E-state index in [9.17, 15) is 19.6 Å². The van der Waals surface area contributed by atoms with Crippen LogP contribution in [0.2, 0.25) is 0 Å². The number of thioether (sulfide) groups is 1. The second kappa shape index (κ2) is 6.99. The Labute approximate surface area is 162 Å². The van der Waals surface area contributed by atoms with Gasteiger partial charge in [0, 0.05) is 0 Å². The number of thiazole rings is 1. The van der Waals surface area contributed by atoms with Gasteiger partial charge in [-0.2, -0.15) is 5.26 Å². The van der Waals surface area contributed by atoms with E-state index in [0.717, 1.165) is 33.3 Å². The molecule has 1 aromatic carbocycles. The summed E-state index contributed by atoms with van der Waals surface area (Å²) in [6.45, 7) is 0. The first-order valence-corrected chi connectivity index (χ1v) is 10.1. The number of carbonyl (C=O) groups excluding carboxylic acids is 1. The Kier molecular flexibility index (Phi) is 4.53. The van der Waals surface area contributed by atoms with Crippen LogP contribution in [0.3, 0.4) is 0 Å². The third-order valence-corrected chi connectivity index (χ3v) is 6.95. The molecular weight excluding hydrogens is 406 g/mol. The lowest BCUT2D eigenvalue weighted by atomic mass is 10.3. The van der Waals surface area contributed by atoms with Crippen LogP contribution in [0.15, 0.2) is 38.1 Å². The number of hydrogen-bond donors (Lipinski definition) is 3. The zero-order chi connectivity index (χ0) is 19.0. The van der Waals surface area contributed by atoms with Gasteiger partial charge in [-0.05, 0) is 12.1 Å². The predicted octanol–water partition coefficient (Wildman–Crippen LogP) is 2.49. The normalized spacial score (nSPS) is 10.9. The number of amides is 1. The van der Waals surface area contributed by atoms with Gasteiger partial charge >= 0.3 is 5.69 Å². The van der Waals surface area contributed by atoms with E-state index >= 15 is 0 Å². The summed E-state index contributed by atoms with van der Waals surface area (Å²) in [7, 11) is 0. The number of para-hydroxylation sites is 1. The van der Waals surface area contributed by atoms with Crippen LogP contribution in [0.1, 0.15) is 5.56 Å². The Morgan fingerprint density at radius 3 is 2.85 bits per heavy atom. The lowest BCUT2D eigenvalue weighted by Gasteiger charge is -2.00. The molecule has 0 saturated heterocycles. The van der Waals surface area contributed by atoms with Crippen molar-refractivity contribution in [2.75, 3.05) is 11.1 Å². The molecule has 134 valence electrons. The first kappa shape index (κ1) is 17.5. The number of nitrogens with zero attached hydrogens (tertiary/aromatic N) is 2. The lowest BCUT2D eigenvalue weighted by Crippen LogP contribution is -2.20. The van der Waals surface area contributed by atoms with Gasteiger partial charge in [0.15, 0.2) is 5.13 Å². The van der Waals surface area contributed by atoms with E-state index in [2.05, 4.69) is 20.3 Å². The summed E-state index contributed by atoms with van der Waals surface area (Å²) >= 11 is 3.58. The highest BCUT2D eigenvalue weighted by Gasteiger charge is 2.17. The van der Waals surface area contributed by atoms with E-state index in [4.69, 9.17) is 0 Å². The van der Waals surface area contributed by atoms with Crippen molar-refractivity contribution in [2.24, 2.45) is 0 Å². The number of hydrogen-bond acceptors (Lipinski definition) is 8. The maximum absolute atomic E-state index is 12.2. The van der Waals surface area contributed by atoms with E-state index < -0.39 is 11.2 Å². The minimum absolute atomic E-state index is 0.0412. The SMILES string of the molecule is N#Cc1c(SCC(=O)Nc2nc3ccccc3s2)sc2c(=O)[nH]c(=O)[nH]c12. The largest absolute Gasteiger partial charge is 0.326 e. The van der Waals surface area contributed by atoms with Gasteiger partial charge in [-0.3, -0.25) is 14.6 Å². The van der Waals surface area contributed by atoms with Crippen LogP contribution in [0, 0.1) is 11.3 Å². The summed E-state index contributed by atoms with van der Waals surface area (Å²) in [6, 6.07) is 9.55. The molecule has 3 N–H and O–H groups in total. The van der Waals surface area contributed by atoms with Crippen molar-refractivity contribution in [2.45, 2.75) is 4.21 Å². The molecule has 3 heterocycles. The predicted molar refractivity (Wildman–Crippen MR) is 107 cm³/mol. The monoisotopic (exact) mass is 415 g/mol. The Morgan fingerprint density at radius 2 is 2.07 bits per heavy atom. The Balaban J connectivity index is 1.53. The van der Waals surface area contributed by atoms with Crippen LogP contribution in [-0.2, 0) is 4.79 Å². The molecule has 3 aromatic heterocycles. The molecule has 0 spiro atoms. The summed E-state index contributed by atoms with van der Waals surface area (Å²) in [5, 5.41) is 12.6. The molecule has 8 nitrogen and oxygen atoms in total. The molecule has 4 rings (SSSR count).